The van der Waals surface area contributed by atoms with Crippen molar-refractivity contribution >= 4 is 21.6 Å². The van der Waals surface area contributed by atoms with Gasteiger partial charge in [0.2, 0.25) is 5.88 Å². The van der Waals surface area contributed by atoms with Crippen LogP contribution >= 0.6 is 15.9 Å². The zero-order valence-corrected chi connectivity index (χ0v) is 14.3. The van der Waals surface area contributed by atoms with Gasteiger partial charge in [0.15, 0.2) is 5.65 Å². The molecule has 0 aromatic carbocycles. The van der Waals surface area contributed by atoms with E-state index in [1.807, 2.05) is 12.3 Å². The summed E-state index contributed by atoms with van der Waals surface area (Å²) in [5.74, 6) is 0.632. The van der Waals surface area contributed by atoms with E-state index in [-0.39, 0.29) is 0 Å². The molecule has 1 saturated heterocycles. The molecule has 1 aliphatic heterocycles. The lowest BCUT2D eigenvalue weighted by Gasteiger charge is -2.14. The third kappa shape index (κ3) is 4.18. The first kappa shape index (κ1) is 15.7. The van der Waals surface area contributed by atoms with Crippen molar-refractivity contribution in [2.75, 3.05) is 39.3 Å². The molecule has 0 saturated carbocycles. The molecule has 1 fully saturated rings. The van der Waals surface area contributed by atoms with E-state index in [9.17, 15) is 0 Å². The quantitative estimate of drug-likeness (QED) is 0.722. The van der Waals surface area contributed by atoms with Crippen molar-refractivity contribution in [3.05, 3.63) is 22.9 Å². The molecule has 0 spiro atoms. The molecule has 2 aromatic rings. The third-order valence-electron chi connectivity index (χ3n) is 3.86. The molecule has 3 heterocycles. The Kier molecular flexibility index (Phi) is 5.64. The van der Waals surface area contributed by atoms with Gasteiger partial charge in [-0.25, -0.2) is 4.52 Å². The fourth-order valence-corrected chi connectivity index (χ4v) is 3.05. The number of rotatable bonds is 8. The summed E-state index contributed by atoms with van der Waals surface area (Å²) in [7, 11) is 0. The average molecular weight is 368 g/mol. The lowest BCUT2D eigenvalue weighted by Crippen LogP contribution is -2.27. The van der Waals surface area contributed by atoms with Crippen molar-refractivity contribution in [2.24, 2.45) is 0 Å². The van der Waals surface area contributed by atoms with E-state index in [1.165, 1.54) is 38.9 Å². The number of hydrogen-bond acceptors (Lipinski definition) is 5. The van der Waals surface area contributed by atoms with E-state index < -0.39 is 0 Å². The molecule has 1 aliphatic rings. The molecule has 0 bridgehead atoms. The standard InChI is InChI=1S/C15H22BrN5O/c16-13-12-18-21-10-4-14(19-15(13)21)22-11-6-17-5-3-9-20-7-1-2-8-20/h4,10,12,17H,1-3,5-9,11H2. The van der Waals surface area contributed by atoms with Crippen LogP contribution in [0.2, 0.25) is 0 Å². The molecule has 7 heteroatoms. The minimum absolute atomic E-state index is 0.624. The van der Waals surface area contributed by atoms with Gasteiger partial charge >= 0.3 is 0 Å². The van der Waals surface area contributed by atoms with Gasteiger partial charge in [0.05, 0.1) is 10.7 Å². The van der Waals surface area contributed by atoms with Gasteiger partial charge in [0.25, 0.3) is 0 Å². The Morgan fingerprint density at radius 2 is 2.14 bits per heavy atom. The zero-order chi connectivity index (χ0) is 15.2. The average Bonchev–Trinajstić information content (AvgIpc) is 3.17. The number of nitrogens with one attached hydrogen (secondary N) is 1. The van der Waals surface area contributed by atoms with Gasteiger partial charge in [-0.15, -0.1) is 0 Å². The molecule has 2 aromatic heterocycles. The number of aromatic nitrogens is 3. The van der Waals surface area contributed by atoms with E-state index in [4.69, 9.17) is 4.74 Å². The summed E-state index contributed by atoms with van der Waals surface area (Å²) in [6.07, 6.45) is 7.52. The summed E-state index contributed by atoms with van der Waals surface area (Å²) in [6.45, 7) is 6.27. The van der Waals surface area contributed by atoms with E-state index in [0.29, 0.717) is 12.5 Å². The minimum Gasteiger partial charge on any atom is -0.476 e. The van der Waals surface area contributed by atoms with Crippen molar-refractivity contribution in [3.63, 3.8) is 0 Å². The fraction of sp³-hybridized carbons (Fsp3) is 0.600. The third-order valence-corrected chi connectivity index (χ3v) is 4.42. The second-order valence-electron chi connectivity index (χ2n) is 5.53. The molecule has 0 aliphatic carbocycles. The van der Waals surface area contributed by atoms with Crippen LogP contribution in [0, 0.1) is 0 Å². The van der Waals surface area contributed by atoms with Crippen molar-refractivity contribution in [3.8, 4) is 5.88 Å². The van der Waals surface area contributed by atoms with Gasteiger partial charge in [-0.3, -0.25) is 0 Å². The maximum absolute atomic E-state index is 5.67. The van der Waals surface area contributed by atoms with E-state index >= 15 is 0 Å². The summed E-state index contributed by atoms with van der Waals surface area (Å²) in [4.78, 5) is 6.96. The largest absolute Gasteiger partial charge is 0.476 e. The predicted molar refractivity (Wildman–Crippen MR) is 89.3 cm³/mol. The number of fused-ring (bicyclic) bond motifs is 1. The highest BCUT2D eigenvalue weighted by Crippen LogP contribution is 2.17. The van der Waals surface area contributed by atoms with E-state index in [1.54, 1.807) is 10.7 Å². The number of nitrogens with zero attached hydrogens (tertiary/aromatic N) is 4. The Bertz CT molecular complexity index is 597. The molecule has 22 heavy (non-hydrogen) atoms. The molecular formula is C15H22BrN5O. The predicted octanol–water partition coefficient (Wildman–Crippen LogP) is 1.95. The Morgan fingerprint density at radius 3 is 3.00 bits per heavy atom. The second kappa shape index (κ2) is 7.89. The van der Waals surface area contributed by atoms with Crippen LogP contribution in [0.15, 0.2) is 22.9 Å². The number of halogens is 1. The first-order valence-corrected chi connectivity index (χ1v) is 8.68. The summed E-state index contributed by atoms with van der Waals surface area (Å²) in [6, 6.07) is 1.83. The van der Waals surface area contributed by atoms with E-state index in [2.05, 4.69) is 36.2 Å². The minimum atomic E-state index is 0.624. The summed E-state index contributed by atoms with van der Waals surface area (Å²) >= 11 is 3.42. The van der Waals surface area contributed by atoms with Crippen LogP contribution in [0.4, 0.5) is 0 Å². The summed E-state index contributed by atoms with van der Waals surface area (Å²) in [5.41, 5.74) is 0.774. The highest BCUT2D eigenvalue weighted by molar-refractivity contribution is 9.10. The molecule has 0 atom stereocenters. The Morgan fingerprint density at radius 1 is 1.27 bits per heavy atom. The van der Waals surface area contributed by atoms with Crippen LogP contribution in [0.3, 0.4) is 0 Å². The van der Waals surface area contributed by atoms with Crippen LogP contribution in [-0.4, -0.2) is 58.8 Å². The van der Waals surface area contributed by atoms with Crippen molar-refractivity contribution in [2.45, 2.75) is 19.3 Å². The number of hydrogen-bond donors (Lipinski definition) is 1. The normalized spacial score (nSPS) is 15.7. The first-order chi connectivity index (χ1) is 10.8. The van der Waals surface area contributed by atoms with Crippen LogP contribution in [0.1, 0.15) is 19.3 Å². The lowest BCUT2D eigenvalue weighted by atomic mass is 10.4. The molecule has 3 rings (SSSR count). The van der Waals surface area contributed by atoms with E-state index in [0.717, 1.165) is 23.2 Å². The molecule has 0 amide bonds. The molecule has 0 radical (unpaired) electrons. The molecular weight excluding hydrogens is 346 g/mol. The molecule has 120 valence electrons. The van der Waals surface area contributed by atoms with Crippen molar-refractivity contribution < 1.29 is 4.74 Å². The van der Waals surface area contributed by atoms with Crippen LogP contribution in [0.25, 0.3) is 5.65 Å². The van der Waals surface area contributed by atoms with Crippen LogP contribution in [-0.2, 0) is 0 Å². The van der Waals surface area contributed by atoms with Gasteiger partial charge in [0, 0.05) is 18.8 Å². The fourth-order valence-electron chi connectivity index (χ4n) is 2.69. The lowest BCUT2D eigenvalue weighted by molar-refractivity contribution is 0.296. The smallest absolute Gasteiger partial charge is 0.216 e. The van der Waals surface area contributed by atoms with Gasteiger partial charge in [-0.2, -0.15) is 10.1 Å². The van der Waals surface area contributed by atoms with Gasteiger partial charge in [-0.1, -0.05) is 0 Å². The summed E-state index contributed by atoms with van der Waals surface area (Å²) < 4.78 is 8.26. The Balaban J connectivity index is 1.31. The van der Waals surface area contributed by atoms with Gasteiger partial charge in [0.1, 0.15) is 6.61 Å². The Hall–Kier alpha value is -1.18. The maximum Gasteiger partial charge on any atom is 0.216 e. The first-order valence-electron chi connectivity index (χ1n) is 7.89. The Labute approximate surface area is 139 Å². The van der Waals surface area contributed by atoms with Gasteiger partial charge < -0.3 is 15.0 Å². The number of likely N-dealkylation sites (tertiary alicyclic amines) is 1. The monoisotopic (exact) mass is 367 g/mol. The highest BCUT2D eigenvalue weighted by Gasteiger charge is 2.09. The maximum atomic E-state index is 5.67. The molecule has 6 nitrogen and oxygen atoms in total. The molecule has 1 N–H and O–H groups in total. The van der Waals surface area contributed by atoms with Crippen molar-refractivity contribution in [1.82, 2.24) is 24.8 Å². The SMILES string of the molecule is Brc1cnn2ccc(OCCNCCCN3CCCC3)nc12. The topological polar surface area (TPSA) is 54.7 Å². The highest BCUT2D eigenvalue weighted by atomic mass is 79.9. The van der Waals surface area contributed by atoms with Crippen LogP contribution < -0.4 is 10.1 Å². The zero-order valence-electron chi connectivity index (χ0n) is 12.7. The number of ether oxygens (including phenoxy) is 1. The van der Waals surface area contributed by atoms with Gasteiger partial charge in [-0.05, 0) is 61.4 Å². The van der Waals surface area contributed by atoms with Crippen molar-refractivity contribution in [1.29, 1.82) is 0 Å². The molecule has 0 unspecified atom stereocenters. The summed E-state index contributed by atoms with van der Waals surface area (Å²) in [5, 5.41) is 7.57. The van der Waals surface area contributed by atoms with Crippen LogP contribution in [0.5, 0.6) is 5.88 Å². The second-order valence-corrected chi connectivity index (χ2v) is 6.38.